The van der Waals surface area contributed by atoms with Gasteiger partial charge in [0.15, 0.2) is 5.41 Å². The van der Waals surface area contributed by atoms with E-state index in [4.69, 9.17) is 5.73 Å². The van der Waals surface area contributed by atoms with Crippen LogP contribution in [0.1, 0.15) is 39.0 Å². The van der Waals surface area contributed by atoms with Crippen molar-refractivity contribution >= 4 is 0 Å². The Bertz CT molecular complexity index is 736. The van der Waals surface area contributed by atoms with Crippen LogP contribution in [0.5, 0.6) is 0 Å². The first-order chi connectivity index (χ1) is 11.6. The van der Waals surface area contributed by atoms with Crippen molar-refractivity contribution in [1.82, 2.24) is 0 Å². The van der Waals surface area contributed by atoms with Gasteiger partial charge in [0.25, 0.3) is 0 Å². The van der Waals surface area contributed by atoms with E-state index < -0.39 is 5.41 Å². The van der Waals surface area contributed by atoms with Gasteiger partial charge in [0, 0.05) is 5.92 Å². The Morgan fingerprint density at radius 3 is 2.50 bits per heavy atom. The molecule has 0 saturated carbocycles. The smallest absolute Gasteiger partial charge is 0.187 e. The Kier molecular flexibility index (Phi) is 4.21. The normalized spacial score (nSPS) is 34.3. The third kappa shape index (κ3) is 2.24. The van der Waals surface area contributed by atoms with Crippen LogP contribution in [0.4, 0.5) is 0 Å². The number of nitrogens with two attached hydrogens (primary N) is 1. The van der Waals surface area contributed by atoms with Gasteiger partial charge < -0.3 is 5.73 Å². The van der Waals surface area contributed by atoms with Crippen molar-refractivity contribution in [2.45, 2.75) is 39.0 Å². The molecule has 2 N–H and O–H groups in total. The Morgan fingerprint density at radius 2 is 1.92 bits per heavy atom. The first-order valence-electron chi connectivity index (χ1n) is 8.67. The fourth-order valence-electron chi connectivity index (χ4n) is 4.84. The van der Waals surface area contributed by atoms with Gasteiger partial charge in [-0.25, -0.2) is 0 Å². The molecule has 0 fully saturated rings. The SMILES string of the molecule is CC1CC=C2C(C#N)=C(N)C(C#N)(C#N)C(C3CC=CCC3)C2C1. The molecule has 0 spiro atoms. The first-order valence-corrected chi connectivity index (χ1v) is 8.67. The summed E-state index contributed by atoms with van der Waals surface area (Å²) in [4.78, 5) is 0. The highest BCUT2D eigenvalue weighted by Crippen LogP contribution is 2.56. The third-order valence-corrected chi connectivity index (χ3v) is 5.99. The van der Waals surface area contributed by atoms with Gasteiger partial charge in [-0.05, 0) is 55.4 Å². The summed E-state index contributed by atoms with van der Waals surface area (Å²) in [5.74, 6) is 0.691. The van der Waals surface area contributed by atoms with Crippen molar-refractivity contribution in [3.05, 3.63) is 35.1 Å². The number of fused-ring (bicyclic) bond motifs is 1. The Labute approximate surface area is 143 Å². The predicted octanol–water partition coefficient (Wildman–Crippen LogP) is 3.71. The zero-order chi connectivity index (χ0) is 17.3. The number of nitrogens with zero attached hydrogens (tertiary/aromatic N) is 3. The molecule has 0 aromatic rings. The van der Waals surface area contributed by atoms with Crippen LogP contribution in [-0.4, -0.2) is 0 Å². The molecule has 24 heavy (non-hydrogen) atoms. The molecule has 4 unspecified atom stereocenters. The zero-order valence-corrected chi connectivity index (χ0v) is 14.0. The second-order valence-corrected chi connectivity index (χ2v) is 7.34. The lowest BCUT2D eigenvalue weighted by Crippen LogP contribution is -2.48. The molecule has 0 radical (unpaired) electrons. The number of hydrogen-bond donors (Lipinski definition) is 1. The van der Waals surface area contributed by atoms with E-state index in [0.717, 1.165) is 37.7 Å². The minimum Gasteiger partial charge on any atom is -0.399 e. The molecule has 4 atom stereocenters. The van der Waals surface area contributed by atoms with E-state index in [9.17, 15) is 15.8 Å². The van der Waals surface area contributed by atoms with E-state index in [1.807, 2.05) is 0 Å². The summed E-state index contributed by atoms with van der Waals surface area (Å²) in [6.45, 7) is 2.19. The van der Waals surface area contributed by atoms with E-state index in [1.54, 1.807) is 0 Å². The highest BCUT2D eigenvalue weighted by molar-refractivity contribution is 5.56. The molecule has 0 amide bonds. The quantitative estimate of drug-likeness (QED) is 0.745. The van der Waals surface area contributed by atoms with Crippen LogP contribution in [0.3, 0.4) is 0 Å². The van der Waals surface area contributed by atoms with E-state index in [1.165, 1.54) is 0 Å². The van der Waals surface area contributed by atoms with Crippen LogP contribution in [-0.2, 0) is 0 Å². The van der Waals surface area contributed by atoms with E-state index in [-0.39, 0.29) is 23.5 Å². The van der Waals surface area contributed by atoms with Crippen LogP contribution in [0, 0.1) is 63.1 Å². The summed E-state index contributed by atoms with van der Waals surface area (Å²) >= 11 is 0. The molecule has 4 heteroatoms. The fourth-order valence-corrected chi connectivity index (χ4v) is 4.84. The first kappa shape index (κ1) is 16.4. The van der Waals surface area contributed by atoms with Crippen LogP contribution in [0.15, 0.2) is 35.1 Å². The summed E-state index contributed by atoms with van der Waals surface area (Å²) in [5.41, 5.74) is 6.42. The molecule has 3 aliphatic rings. The molecule has 3 aliphatic carbocycles. The molecule has 0 bridgehead atoms. The van der Waals surface area contributed by atoms with Crippen molar-refractivity contribution < 1.29 is 0 Å². The lowest BCUT2D eigenvalue weighted by Gasteiger charge is -2.48. The highest BCUT2D eigenvalue weighted by Gasteiger charge is 2.55. The Morgan fingerprint density at radius 1 is 1.17 bits per heavy atom. The van der Waals surface area contributed by atoms with Gasteiger partial charge in [-0.2, -0.15) is 15.8 Å². The van der Waals surface area contributed by atoms with Crippen LogP contribution in [0.2, 0.25) is 0 Å². The maximum absolute atomic E-state index is 9.95. The molecular formula is C20H22N4. The van der Waals surface area contributed by atoms with Gasteiger partial charge >= 0.3 is 0 Å². The van der Waals surface area contributed by atoms with Crippen molar-refractivity contribution in [3.8, 4) is 18.2 Å². The van der Waals surface area contributed by atoms with Gasteiger partial charge in [-0.1, -0.05) is 25.2 Å². The molecule has 4 nitrogen and oxygen atoms in total. The minimum absolute atomic E-state index is 0.0755. The van der Waals surface area contributed by atoms with Crippen LogP contribution < -0.4 is 5.73 Å². The summed E-state index contributed by atoms with van der Waals surface area (Å²) in [5, 5.41) is 29.5. The summed E-state index contributed by atoms with van der Waals surface area (Å²) in [6, 6.07) is 6.64. The number of nitriles is 3. The van der Waals surface area contributed by atoms with Gasteiger partial charge in [0.2, 0.25) is 0 Å². The number of allylic oxidation sites excluding steroid dienone is 6. The molecule has 0 saturated heterocycles. The molecule has 0 aromatic carbocycles. The molecular weight excluding hydrogens is 296 g/mol. The molecule has 0 heterocycles. The number of rotatable bonds is 1. The zero-order valence-electron chi connectivity index (χ0n) is 14.0. The average molecular weight is 318 g/mol. The van der Waals surface area contributed by atoms with Crippen LogP contribution >= 0.6 is 0 Å². The second kappa shape index (κ2) is 6.18. The fraction of sp³-hybridized carbons (Fsp3) is 0.550. The van der Waals surface area contributed by atoms with Gasteiger partial charge in [0.05, 0.1) is 23.4 Å². The van der Waals surface area contributed by atoms with E-state index in [0.29, 0.717) is 11.5 Å². The number of hydrogen-bond acceptors (Lipinski definition) is 4. The van der Waals surface area contributed by atoms with Crippen LogP contribution in [0.25, 0.3) is 0 Å². The predicted molar refractivity (Wildman–Crippen MR) is 90.4 cm³/mol. The average Bonchev–Trinajstić information content (AvgIpc) is 2.62. The van der Waals surface area contributed by atoms with Crippen molar-refractivity contribution in [1.29, 1.82) is 15.8 Å². The summed E-state index contributed by atoms with van der Waals surface area (Å²) in [7, 11) is 0. The monoisotopic (exact) mass is 318 g/mol. The molecule has 122 valence electrons. The van der Waals surface area contributed by atoms with Crippen molar-refractivity contribution in [2.75, 3.05) is 0 Å². The Balaban J connectivity index is 2.22. The summed E-state index contributed by atoms with van der Waals surface area (Å²) < 4.78 is 0. The largest absolute Gasteiger partial charge is 0.399 e. The van der Waals surface area contributed by atoms with E-state index >= 15 is 0 Å². The molecule has 3 rings (SSSR count). The maximum atomic E-state index is 9.95. The molecule has 0 aliphatic heterocycles. The summed E-state index contributed by atoms with van der Waals surface area (Å²) in [6.07, 6.45) is 11.1. The minimum atomic E-state index is -1.39. The van der Waals surface area contributed by atoms with E-state index in [2.05, 4.69) is 43.4 Å². The van der Waals surface area contributed by atoms with Gasteiger partial charge in [-0.3, -0.25) is 0 Å². The second-order valence-electron chi connectivity index (χ2n) is 7.34. The third-order valence-electron chi connectivity index (χ3n) is 5.99. The lowest BCUT2D eigenvalue weighted by atomic mass is 9.53. The van der Waals surface area contributed by atoms with Gasteiger partial charge in [-0.15, -0.1) is 0 Å². The van der Waals surface area contributed by atoms with Crippen molar-refractivity contribution in [2.24, 2.45) is 34.8 Å². The standard InChI is InChI=1S/C20H22N4/c1-13-7-8-15-16(9-13)18(14-5-3-2-4-6-14)20(11-22,12-23)19(24)17(15)10-21/h2-3,8,13-14,16,18H,4-7,9,24H2,1H3. The van der Waals surface area contributed by atoms with Gasteiger partial charge in [0.1, 0.15) is 6.07 Å². The Hall–Kier alpha value is -2.51. The molecule has 0 aromatic heterocycles. The van der Waals surface area contributed by atoms with Crippen molar-refractivity contribution in [3.63, 3.8) is 0 Å². The highest BCUT2D eigenvalue weighted by atomic mass is 14.7. The topological polar surface area (TPSA) is 97.4 Å². The lowest BCUT2D eigenvalue weighted by molar-refractivity contribution is 0.131. The maximum Gasteiger partial charge on any atom is 0.187 e.